The molecule has 0 unspecified atom stereocenters. The fourth-order valence-corrected chi connectivity index (χ4v) is 2.97. The second-order valence-electron chi connectivity index (χ2n) is 6.85. The molecule has 134 valence electrons. The Balaban J connectivity index is 2.24. The number of benzene rings is 1. The zero-order chi connectivity index (χ0) is 17.9. The SMILES string of the molecule is CC(C)(C)OC(=O)N1CCO[C@@H](CN)[C@H](c2ccc(Cl)c(Cl)c2)C1. The van der Waals surface area contributed by atoms with Gasteiger partial charge in [0.1, 0.15) is 5.60 Å². The van der Waals surface area contributed by atoms with Crippen molar-refractivity contribution >= 4 is 29.3 Å². The van der Waals surface area contributed by atoms with Gasteiger partial charge in [-0.3, -0.25) is 0 Å². The minimum absolute atomic E-state index is 0.0974. The van der Waals surface area contributed by atoms with Gasteiger partial charge in [0.15, 0.2) is 0 Å². The molecule has 2 N–H and O–H groups in total. The molecule has 1 aromatic rings. The van der Waals surface area contributed by atoms with Crippen LogP contribution in [0.1, 0.15) is 32.3 Å². The maximum absolute atomic E-state index is 12.4. The molecule has 1 fully saturated rings. The highest BCUT2D eigenvalue weighted by molar-refractivity contribution is 6.42. The zero-order valence-electron chi connectivity index (χ0n) is 14.2. The van der Waals surface area contributed by atoms with Gasteiger partial charge in [0.25, 0.3) is 0 Å². The van der Waals surface area contributed by atoms with Gasteiger partial charge in [-0.25, -0.2) is 4.79 Å². The molecule has 0 bridgehead atoms. The van der Waals surface area contributed by atoms with Crippen LogP contribution in [0.5, 0.6) is 0 Å². The van der Waals surface area contributed by atoms with Crippen LogP contribution >= 0.6 is 23.2 Å². The summed E-state index contributed by atoms with van der Waals surface area (Å²) in [6, 6.07) is 5.44. The van der Waals surface area contributed by atoms with Gasteiger partial charge < -0.3 is 20.1 Å². The van der Waals surface area contributed by atoms with E-state index in [9.17, 15) is 4.79 Å². The Labute approximate surface area is 153 Å². The monoisotopic (exact) mass is 374 g/mol. The smallest absolute Gasteiger partial charge is 0.410 e. The first-order chi connectivity index (χ1) is 11.2. The fraction of sp³-hybridized carbons (Fsp3) is 0.588. The van der Waals surface area contributed by atoms with Crippen LogP contribution in [0.4, 0.5) is 4.79 Å². The molecular weight excluding hydrogens is 351 g/mol. The third-order valence-corrected chi connectivity index (χ3v) is 4.55. The van der Waals surface area contributed by atoms with Gasteiger partial charge in [-0.15, -0.1) is 0 Å². The van der Waals surface area contributed by atoms with E-state index < -0.39 is 5.60 Å². The molecule has 0 aromatic heterocycles. The summed E-state index contributed by atoms with van der Waals surface area (Å²) >= 11 is 12.1. The van der Waals surface area contributed by atoms with Crippen molar-refractivity contribution < 1.29 is 14.3 Å². The van der Waals surface area contributed by atoms with Crippen LogP contribution in [0.2, 0.25) is 10.0 Å². The van der Waals surface area contributed by atoms with Crippen LogP contribution < -0.4 is 5.73 Å². The van der Waals surface area contributed by atoms with Gasteiger partial charge in [-0.05, 0) is 38.5 Å². The number of hydrogen-bond donors (Lipinski definition) is 1. The Morgan fingerprint density at radius 3 is 2.67 bits per heavy atom. The van der Waals surface area contributed by atoms with Gasteiger partial charge in [-0.2, -0.15) is 0 Å². The van der Waals surface area contributed by atoms with Crippen LogP contribution in [0.3, 0.4) is 0 Å². The Morgan fingerprint density at radius 1 is 1.38 bits per heavy atom. The van der Waals surface area contributed by atoms with Crippen LogP contribution in [0.15, 0.2) is 18.2 Å². The van der Waals surface area contributed by atoms with Crippen molar-refractivity contribution in [1.82, 2.24) is 4.90 Å². The maximum atomic E-state index is 12.4. The topological polar surface area (TPSA) is 64.8 Å². The molecule has 1 aliphatic heterocycles. The molecule has 24 heavy (non-hydrogen) atoms. The lowest BCUT2D eigenvalue weighted by atomic mass is 9.93. The van der Waals surface area contributed by atoms with E-state index >= 15 is 0 Å². The van der Waals surface area contributed by atoms with E-state index in [2.05, 4.69) is 0 Å². The van der Waals surface area contributed by atoms with Gasteiger partial charge in [0.05, 0.1) is 22.8 Å². The Hall–Kier alpha value is -1.01. The second-order valence-corrected chi connectivity index (χ2v) is 7.67. The minimum atomic E-state index is -0.545. The summed E-state index contributed by atoms with van der Waals surface area (Å²) in [6.07, 6.45) is -0.552. The lowest BCUT2D eigenvalue weighted by Crippen LogP contribution is -2.40. The summed E-state index contributed by atoms with van der Waals surface area (Å²) in [5, 5.41) is 0.959. The molecule has 1 saturated heterocycles. The van der Waals surface area contributed by atoms with Crippen molar-refractivity contribution in [3.63, 3.8) is 0 Å². The maximum Gasteiger partial charge on any atom is 0.410 e. The summed E-state index contributed by atoms with van der Waals surface area (Å²) in [5.74, 6) is -0.0974. The van der Waals surface area contributed by atoms with Crippen LogP contribution in [-0.4, -0.2) is 48.9 Å². The lowest BCUT2D eigenvalue weighted by Gasteiger charge is -2.29. The second kappa shape index (κ2) is 7.91. The molecule has 1 aliphatic rings. The Morgan fingerprint density at radius 2 is 2.08 bits per heavy atom. The van der Waals surface area contributed by atoms with E-state index in [1.807, 2.05) is 26.8 Å². The van der Waals surface area contributed by atoms with E-state index in [1.165, 1.54) is 0 Å². The number of ether oxygens (including phenoxy) is 2. The van der Waals surface area contributed by atoms with E-state index in [-0.39, 0.29) is 18.1 Å². The van der Waals surface area contributed by atoms with Gasteiger partial charge in [0, 0.05) is 25.6 Å². The number of amides is 1. The van der Waals surface area contributed by atoms with Crippen molar-refractivity contribution in [3.05, 3.63) is 33.8 Å². The van der Waals surface area contributed by atoms with Crippen molar-refractivity contribution in [2.75, 3.05) is 26.2 Å². The van der Waals surface area contributed by atoms with Crippen molar-refractivity contribution in [3.8, 4) is 0 Å². The highest BCUT2D eigenvalue weighted by atomic mass is 35.5. The average Bonchev–Trinajstić information content (AvgIpc) is 2.70. The summed E-state index contributed by atoms with van der Waals surface area (Å²) in [7, 11) is 0. The molecule has 0 radical (unpaired) electrons. The van der Waals surface area contributed by atoms with E-state index in [1.54, 1.807) is 17.0 Å². The molecule has 2 rings (SSSR count). The van der Waals surface area contributed by atoms with Crippen molar-refractivity contribution in [2.45, 2.75) is 38.4 Å². The number of nitrogens with two attached hydrogens (primary N) is 1. The summed E-state index contributed by atoms with van der Waals surface area (Å²) in [6.45, 7) is 7.22. The molecule has 7 heteroatoms. The molecular formula is C17H24Cl2N2O3. The molecule has 1 amide bonds. The third-order valence-electron chi connectivity index (χ3n) is 3.81. The summed E-state index contributed by atoms with van der Waals surface area (Å²) in [4.78, 5) is 14.1. The van der Waals surface area contributed by atoms with Crippen molar-refractivity contribution in [2.24, 2.45) is 5.73 Å². The number of halogens is 2. The number of carbonyl (C=O) groups excluding carboxylic acids is 1. The number of rotatable bonds is 2. The Bertz CT molecular complexity index is 590. The highest BCUT2D eigenvalue weighted by Crippen LogP contribution is 2.31. The fourth-order valence-electron chi connectivity index (χ4n) is 2.66. The van der Waals surface area contributed by atoms with E-state index in [4.69, 9.17) is 38.4 Å². The van der Waals surface area contributed by atoms with Crippen LogP contribution in [-0.2, 0) is 9.47 Å². The zero-order valence-corrected chi connectivity index (χ0v) is 15.7. The summed E-state index contributed by atoms with van der Waals surface area (Å²) in [5.41, 5.74) is 6.27. The number of hydrogen-bond acceptors (Lipinski definition) is 4. The highest BCUT2D eigenvalue weighted by Gasteiger charge is 2.32. The first-order valence-electron chi connectivity index (χ1n) is 7.96. The van der Waals surface area contributed by atoms with E-state index in [0.717, 1.165) is 5.56 Å². The molecule has 1 heterocycles. The van der Waals surface area contributed by atoms with Crippen LogP contribution in [0, 0.1) is 0 Å². The molecule has 5 nitrogen and oxygen atoms in total. The molecule has 0 aliphatic carbocycles. The van der Waals surface area contributed by atoms with Crippen molar-refractivity contribution in [1.29, 1.82) is 0 Å². The Kier molecular flexibility index (Phi) is 6.37. The minimum Gasteiger partial charge on any atom is -0.444 e. The predicted octanol–water partition coefficient (Wildman–Crippen LogP) is 3.67. The lowest BCUT2D eigenvalue weighted by molar-refractivity contribution is 0.0233. The average molecular weight is 375 g/mol. The molecule has 2 atom stereocenters. The largest absolute Gasteiger partial charge is 0.444 e. The number of nitrogens with zero attached hydrogens (tertiary/aromatic N) is 1. The molecule has 1 aromatic carbocycles. The first kappa shape index (κ1) is 19.3. The normalized spacial score (nSPS) is 22.2. The first-order valence-corrected chi connectivity index (χ1v) is 8.71. The molecule has 0 saturated carbocycles. The van der Waals surface area contributed by atoms with Gasteiger partial charge in [-0.1, -0.05) is 29.3 Å². The van der Waals surface area contributed by atoms with Crippen LogP contribution in [0.25, 0.3) is 0 Å². The summed E-state index contributed by atoms with van der Waals surface area (Å²) < 4.78 is 11.3. The van der Waals surface area contributed by atoms with Gasteiger partial charge >= 0.3 is 6.09 Å². The van der Waals surface area contributed by atoms with Gasteiger partial charge in [0.2, 0.25) is 0 Å². The quantitative estimate of drug-likeness (QED) is 0.857. The molecule has 0 spiro atoms. The third kappa shape index (κ3) is 4.99. The predicted molar refractivity (Wildman–Crippen MR) is 95.8 cm³/mol. The number of carbonyl (C=O) groups is 1. The van der Waals surface area contributed by atoms with E-state index in [0.29, 0.717) is 36.3 Å². The standard InChI is InChI=1S/C17H24Cl2N2O3/c1-17(2,3)24-16(22)21-6-7-23-15(9-20)12(10-21)11-4-5-13(18)14(19)8-11/h4-5,8,12,15H,6-7,9-10,20H2,1-3H3/t12-,15-/m0/s1.